The highest BCUT2D eigenvalue weighted by Gasteiger charge is 2.28. The first-order valence-electron chi connectivity index (χ1n) is 2.98. The number of aliphatic imine (C=N–C) groups is 2. The summed E-state index contributed by atoms with van der Waals surface area (Å²) >= 11 is 9.85. The van der Waals surface area contributed by atoms with Crippen LogP contribution in [0.1, 0.15) is 0 Å². The third-order valence-electron chi connectivity index (χ3n) is 1.40. The van der Waals surface area contributed by atoms with Crippen LogP contribution in [-0.4, -0.2) is 28.3 Å². The summed E-state index contributed by atoms with van der Waals surface area (Å²) in [4.78, 5) is 8.59. The zero-order valence-electron chi connectivity index (χ0n) is 5.37. The molecule has 0 aromatic rings. The highest BCUT2D eigenvalue weighted by molar-refractivity contribution is 7.82. The van der Waals surface area contributed by atoms with Gasteiger partial charge in [-0.05, 0) is 12.2 Å². The van der Waals surface area contributed by atoms with Crippen LogP contribution in [0.15, 0.2) is 9.98 Å². The maximum absolute atomic E-state index is 4.99. The summed E-state index contributed by atoms with van der Waals surface area (Å²) in [6.07, 6.45) is 1.48. The molecular weight excluding hydrogens is 180 g/mol. The minimum absolute atomic E-state index is 0.142. The van der Waals surface area contributed by atoms with Gasteiger partial charge in [-0.3, -0.25) is 4.99 Å². The molecule has 11 heavy (non-hydrogen) atoms. The third kappa shape index (κ3) is 1.04. The Labute approximate surface area is 73.8 Å². The number of hydrogen-bond acceptors (Lipinski definition) is 4. The Morgan fingerprint density at radius 1 is 1.36 bits per heavy atom. The third-order valence-corrected chi connectivity index (χ3v) is 1.93. The Hall–Kier alpha value is -0.880. The maximum atomic E-state index is 4.99. The Kier molecular flexibility index (Phi) is 1.43. The summed E-state index contributed by atoms with van der Waals surface area (Å²) in [5.41, 5.74) is 0. The van der Waals surface area contributed by atoms with Gasteiger partial charge in [0.05, 0.1) is 0 Å². The zero-order valence-corrected chi connectivity index (χ0v) is 7.00. The average molecular weight is 184 g/mol. The Bertz CT molecular complexity index is 293. The minimum atomic E-state index is -0.142. The van der Waals surface area contributed by atoms with Crippen molar-refractivity contribution >= 4 is 46.7 Å². The van der Waals surface area contributed by atoms with Crippen LogP contribution in [0.4, 0.5) is 0 Å². The predicted octanol–water partition coefficient (Wildman–Crippen LogP) is -0.400. The molecule has 1 fully saturated rings. The molecule has 0 aromatic heterocycles. The number of nitrogens with one attached hydrogen (secondary N) is 2. The van der Waals surface area contributed by atoms with Crippen molar-refractivity contribution in [2.45, 2.75) is 6.04 Å². The van der Waals surface area contributed by atoms with Crippen molar-refractivity contribution in [2.75, 3.05) is 0 Å². The van der Waals surface area contributed by atoms with Crippen molar-refractivity contribution in [3.05, 3.63) is 0 Å². The van der Waals surface area contributed by atoms with E-state index in [0.717, 1.165) is 5.84 Å². The van der Waals surface area contributed by atoms with E-state index in [1.807, 2.05) is 0 Å². The molecule has 2 aliphatic heterocycles. The van der Waals surface area contributed by atoms with E-state index < -0.39 is 0 Å². The number of nitrogens with zero attached hydrogens (tertiary/aromatic N) is 2. The maximum Gasteiger partial charge on any atom is 0.176 e. The van der Waals surface area contributed by atoms with Crippen LogP contribution in [0.25, 0.3) is 0 Å². The van der Waals surface area contributed by atoms with Crippen molar-refractivity contribution in [2.24, 2.45) is 9.98 Å². The largest absolute Gasteiger partial charge is 0.325 e. The number of rotatable bonds is 0. The van der Waals surface area contributed by atoms with Gasteiger partial charge in [-0.15, -0.1) is 0 Å². The van der Waals surface area contributed by atoms with Gasteiger partial charge >= 0.3 is 0 Å². The van der Waals surface area contributed by atoms with Crippen molar-refractivity contribution in [1.29, 1.82) is 0 Å². The first-order valence-corrected chi connectivity index (χ1v) is 3.80. The molecule has 2 rings (SSSR count). The van der Waals surface area contributed by atoms with Gasteiger partial charge in [0.2, 0.25) is 0 Å². The van der Waals surface area contributed by atoms with Crippen LogP contribution in [-0.2, 0) is 0 Å². The van der Waals surface area contributed by atoms with Gasteiger partial charge in [0.25, 0.3) is 0 Å². The molecule has 0 aliphatic carbocycles. The van der Waals surface area contributed by atoms with Crippen molar-refractivity contribution < 1.29 is 0 Å². The molecule has 1 saturated heterocycles. The Morgan fingerprint density at radius 3 is 3.00 bits per heavy atom. The predicted molar refractivity (Wildman–Crippen MR) is 51.2 cm³/mol. The summed E-state index contributed by atoms with van der Waals surface area (Å²) < 4.78 is 0. The summed E-state index contributed by atoms with van der Waals surface area (Å²) in [6, 6.07) is -0.142. The molecule has 0 radical (unpaired) electrons. The van der Waals surface area contributed by atoms with Gasteiger partial charge in [-0.2, -0.15) is 0 Å². The zero-order chi connectivity index (χ0) is 7.84. The van der Waals surface area contributed by atoms with Crippen molar-refractivity contribution in [3.63, 3.8) is 0 Å². The van der Waals surface area contributed by atoms with Gasteiger partial charge in [-0.25, -0.2) is 4.99 Å². The van der Waals surface area contributed by atoms with E-state index in [1.54, 1.807) is 0 Å². The summed E-state index contributed by atoms with van der Waals surface area (Å²) in [7, 11) is 0. The molecule has 0 aromatic carbocycles. The summed E-state index contributed by atoms with van der Waals surface area (Å²) in [6.45, 7) is 0. The van der Waals surface area contributed by atoms with Crippen LogP contribution in [0.2, 0.25) is 0 Å². The topological polar surface area (TPSA) is 48.8 Å². The first-order chi connectivity index (χ1) is 5.27. The van der Waals surface area contributed by atoms with Crippen molar-refractivity contribution in [3.8, 4) is 0 Å². The first kappa shape index (κ1) is 6.81. The second-order valence-electron chi connectivity index (χ2n) is 2.12. The molecule has 4 nitrogen and oxygen atoms in total. The lowest BCUT2D eigenvalue weighted by Crippen LogP contribution is -2.56. The van der Waals surface area contributed by atoms with Crippen LogP contribution < -0.4 is 10.6 Å². The number of thiocarbonyl (C=S) groups is 2. The molecule has 1 atom stereocenters. The molecule has 2 N–H and O–H groups in total. The average Bonchev–Trinajstić information content (AvgIpc) is 2.34. The van der Waals surface area contributed by atoms with Gasteiger partial charge in [0.15, 0.2) is 11.2 Å². The van der Waals surface area contributed by atoms with E-state index in [4.69, 9.17) is 24.4 Å². The Morgan fingerprint density at radius 2 is 2.18 bits per heavy atom. The fourth-order valence-electron chi connectivity index (χ4n) is 0.924. The van der Waals surface area contributed by atoms with Crippen LogP contribution in [0.3, 0.4) is 0 Å². The van der Waals surface area contributed by atoms with E-state index >= 15 is 0 Å². The van der Waals surface area contributed by atoms with Crippen LogP contribution in [0, 0.1) is 0 Å². The molecule has 6 heteroatoms. The Balaban J connectivity index is 2.31. The van der Waals surface area contributed by atoms with E-state index in [2.05, 4.69) is 20.6 Å². The minimum Gasteiger partial charge on any atom is -0.325 e. The molecule has 0 saturated carbocycles. The second kappa shape index (κ2) is 2.31. The van der Waals surface area contributed by atoms with Gasteiger partial charge in [0.1, 0.15) is 17.2 Å². The normalized spacial score (nSPS) is 27.3. The lowest BCUT2D eigenvalue weighted by molar-refractivity contribution is 1.04. The smallest absolute Gasteiger partial charge is 0.176 e. The highest BCUT2D eigenvalue weighted by Crippen LogP contribution is 2.04. The fraction of sp³-hybridized carbons (Fsp3) is 0.200. The molecule has 1 unspecified atom stereocenters. The lowest BCUT2D eigenvalue weighted by atomic mass is 10.2. The van der Waals surface area contributed by atoms with Crippen molar-refractivity contribution in [1.82, 2.24) is 10.6 Å². The second-order valence-corrected chi connectivity index (χ2v) is 2.97. The molecule has 0 bridgehead atoms. The van der Waals surface area contributed by atoms with E-state index in [9.17, 15) is 0 Å². The molecule has 0 amide bonds. The van der Waals surface area contributed by atoms with E-state index in [-0.39, 0.29) is 6.04 Å². The quantitative estimate of drug-likeness (QED) is 0.503. The van der Waals surface area contributed by atoms with Gasteiger partial charge in [0, 0.05) is 0 Å². The standard InChI is InChI=1S/C5H4N4S2/c10-4-2-3(7-1-6-2)8-5(11)9-4/h1-2H,(H2,6,7,8,9,10,11). The summed E-state index contributed by atoms with van der Waals surface area (Å²) in [5.74, 6) is 0.721. The monoisotopic (exact) mass is 184 g/mol. The molecular formula is C5H4N4S2. The molecule has 56 valence electrons. The van der Waals surface area contributed by atoms with Gasteiger partial charge in [-0.1, -0.05) is 12.2 Å². The van der Waals surface area contributed by atoms with Crippen LogP contribution >= 0.6 is 24.4 Å². The highest BCUT2D eigenvalue weighted by atomic mass is 32.1. The van der Waals surface area contributed by atoms with E-state index in [1.165, 1.54) is 6.34 Å². The SMILES string of the molecule is S=C1NC(=S)C2N=CN=C2N1. The number of fused-ring (bicyclic) bond motifs is 1. The fourth-order valence-corrected chi connectivity index (χ4v) is 1.48. The number of hydrogen-bond donors (Lipinski definition) is 2. The summed E-state index contributed by atoms with van der Waals surface area (Å²) in [5, 5.41) is 6.17. The van der Waals surface area contributed by atoms with Gasteiger partial charge < -0.3 is 10.6 Å². The van der Waals surface area contributed by atoms with E-state index in [0.29, 0.717) is 10.1 Å². The molecule has 0 spiro atoms. The lowest BCUT2D eigenvalue weighted by Gasteiger charge is -2.22. The number of amidine groups is 1. The molecule has 2 heterocycles. The van der Waals surface area contributed by atoms with Crippen LogP contribution in [0.5, 0.6) is 0 Å². The molecule has 2 aliphatic rings.